The summed E-state index contributed by atoms with van der Waals surface area (Å²) in [7, 11) is 0. The molecule has 172 valence electrons. The van der Waals surface area contributed by atoms with Crippen LogP contribution in [0.15, 0.2) is 89.4 Å². The van der Waals surface area contributed by atoms with E-state index in [0.717, 1.165) is 11.3 Å². The first-order valence-electron chi connectivity index (χ1n) is 11.1. The van der Waals surface area contributed by atoms with Crippen molar-refractivity contribution in [3.05, 3.63) is 113 Å². The van der Waals surface area contributed by atoms with E-state index in [1.165, 1.54) is 6.26 Å². The Bertz CT molecular complexity index is 1460. The Morgan fingerprint density at radius 2 is 1.86 bits per heavy atom. The van der Waals surface area contributed by atoms with Crippen LogP contribution in [0.4, 0.5) is 0 Å². The highest BCUT2D eigenvalue weighted by Gasteiger charge is 2.39. The van der Waals surface area contributed by atoms with Gasteiger partial charge in [-0.1, -0.05) is 24.3 Å². The molecule has 0 saturated carbocycles. The van der Waals surface area contributed by atoms with Crippen molar-refractivity contribution in [3.63, 3.8) is 0 Å². The summed E-state index contributed by atoms with van der Waals surface area (Å²) in [5.74, 6) is 1.00. The van der Waals surface area contributed by atoms with Crippen molar-refractivity contribution < 1.29 is 28.2 Å². The Balaban J connectivity index is 1.40. The molecule has 4 aromatic rings. The van der Waals surface area contributed by atoms with Crippen molar-refractivity contribution in [2.45, 2.75) is 18.9 Å². The van der Waals surface area contributed by atoms with Gasteiger partial charge in [-0.25, -0.2) is 0 Å². The molecule has 2 aromatic carbocycles. The SMILES string of the molecule is O=C1C[C@@H](c2ccccc2OCc2ccccn2)c2c(ccc3c2O/C(=C\c2ccco2)C3=O)O1. The van der Waals surface area contributed by atoms with Gasteiger partial charge in [0.25, 0.3) is 0 Å². The topological polar surface area (TPSA) is 87.9 Å². The number of para-hydroxylation sites is 1. The highest BCUT2D eigenvalue weighted by Crippen LogP contribution is 2.50. The zero-order valence-electron chi connectivity index (χ0n) is 18.5. The van der Waals surface area contributed by atoms with E-state index >= 15 is 0 Å². The van der Waals surface area contributed by atoms with Crippen molar-refractivity contribution in [2.75, 3.05) is 0 Å². The monoisotopic (exact) mass is 465 g/mol. The van der Waals surface area contributed by atoms with Crippen LogP contribution in [0.1, 0.15) is 45.3 Å². The number of hydrogen-bond acceptors (Lipinski definition) is 7. The van der Waals surface area contributed by atoms with Gasteiger partial charge in [-0.15, -0.1) is 0 Å². The molecule has 2 aromatic heterocycles. The smallest absolute Gasteiger partial charge is 0.312 e. The van der Waals surface area contributed by atoms with Crippen LogP contribution in [0.5, 0.6) is 17.2 Å². The number of ketones is 1. The number of furan rings is 1. The minimum Gasteiger partial charge on any atom is -0.487 e. The number of allylic oxidation sites excluding steroid dienone is 1. The normalized spacial score (nSPS) is 17.5. The van der Waals surface area contributed by atoms with Crippen molar-refractivity contribution in [1.82, 2.24) is 4.98 Å². The highest BCUT2D eigenvalue weighted by molar-refractivity contribution is 6.15. The molecule has 6 rings (SSSR count). The maximum absolute atomic E-state index is 13.1. The zero-order chi connectivity index (χ0) is 23.8. The molecule has 0 bridgehead atoms. The molecule has 0 aliphatic carbocycles. The fourth-order valence-corrected chi connectivity index (χ4v) is 4.41. The highest BCUT2D eigenvalue weighted by atomic mass is 16.5. The molecule has 2 aliphatic heterocycles. The Hall–Kier alpha value is -4.65. The Morgan fingerprint density at radius 1 is 0.971 bits per heavy atom. The standard InChI is InChI=1S/C28H19NO6/c30-25-15-21(19-8-1-2-9-22(19)33-16-17-6-3-4-12-29-17)26-23(34-25)11-10-20-27(31)24(35-28(20)26)14-18-7-5-13-32-18/h1-14,21H,15-16H2/b24-14-/t21-/m0/s1. The predicted molar refractivity (Wildman–Crippen MR) is 125 cm³/mol. The number of carbonyl (C=O) groups is 2. The first-order chi connectivity index (χ1) is 17.2. The molecule has 2 aliphatic rings. The summed E-state index contributed by atoms with van der Waals surface area (Å²) in [6.07, 6.45) is 4.88. The number of benzene rings is 2. The minimum absolute atomic E-state index is 0.0855. The number of esters is 1. The number of rotatable bonds is 5. The van der Waals surface area contributed by atoms with Gasteiger partial charge >= 0.3 is 5.97 Å². The molecular formula is C28H19NO6. The van der Waals surface area contributed by atoms with Gasteiger partial charge in [-0.2, -0.15) is 0 Å². The van der Waals surface area contributed by atoms with Crippen LogP contribution < -0.4 is 14.2 Å². The van der Waals surface area contributed by atoms with E-state index in [9.17, 15) is 9.59 Å². The summed E-state index contributed by atoms with van der Waals surface area (Å²) >= 11 is 0. The number of hydrogen-bond donors (Lipinski definition) is 0. The number of nitrogens with zero attached hydrogens (tertiary/aromatic N) is 1. The van der Waals surface area contributed by atoms with Gasteiger partial charge in [0.1, 0.15) is 29.6 Å². The first kappa shape index (κ1) is 20.9. The van der Waals surface area contributed by atoms with Crippen LogP contribution >= 0.6 is 0 Å². The summed E-state index contributed by atoms with van der Waals surface area (Å²) in [4.78, 5) is 29.9. The lowest BCUT2D eigenvalue weighted by Crippen LogP contribution is -2.22. The molecule has 0 fully saturated rings. The van der Waals surface area contributed by atoms with Gasteiger partial charge in [0, 0.05) is 29.3 Å². The van der Waals surface area contributed by atoms with Gasteiger partial charge in [-0.3, -0.25) is 14.6 Å². The maximum atomic E-state index is 13.1. The van der Waals surface area contributed by atoms with E-state index in [-0.39, 0.29) is 30.5 Å². The summed E-state index contributed by atoms with van der Waals surface area (Å²) in [5.41, 5.74) is 2.64. The molecule has 0 N–H and O–H groups in total. The van der Waals surface area contributed by atoms with E-state index in [0.29, 0.717) is 34.1 Å². The number of fused-ring (bicyclic) bond motifs is 3. The van der Waals surface area contributed by atoms with Gasteiger partial charge < -0.3 is 18.6 Å². The molecule has 0 spiro atoms. The fraction of sp³-hybridized carbons (Fsp3) is 0.107. The predicted octanol–water partition coefficient (Wildman–Crippen LogP) is 5.31. The van der Waals surface area contributed by atoms with E-state index in [4.69, 9.17) is 18.6 Å². The van der Waals surface area contributed by atoms with Crippen LogP contribution in [0.3, 0.4) is 0 Å². The van der Waals surface area contributed by atoms with Crippen molar-refractivity contribution in [2.24, 2.45) is 0 Å². The molecule has 0 unspecified atom stereocenters. The minimum atomic E-state index is -0.420. The van der Waals surface area contributed by atoms with Crippen LogP contribution in [0, 0.1) is 0 Å². The average molecular weight is 465 g/mol. The second-order valence-corrected chi connectivity index (χ2v) is 8.19. The average Bonchev–Trinajstić information content (AvgIpc) is 3.51. The maximum Gasteiger partial charge on any atom is 0.312 e. The Kier molecular flexibility index (Phi) is 5.15. The summed E-state index contributed by atoms with van der Waals surface area (Å²) in [6.45, 7) is 0.278. The largest absolute Gasteiger partial charge is 0.487 e. The van der Waals surface area contributed by atoms with Crippen LogP contribution in [0.25, 0.3) is 6.08 Å². The molecule has 7 nitrogen and oxygen atoms in total. The van der Waals surface area contributed by atoms with Crippen molar-refractivity contribution in [1.29, 1.82) is 0 Å². The fourth-order valence-electron chi connectivity index (χ4n) is 4.41. The molecule has 4 heterocycles. The number of pyridine rings is 1. The van der Waals surface area contributed by atoms with Crippen molar-refractivity contribution >= 4 is 17.8 Å². The summed E-state index contributed by atoms with van der Waals surface area (Å²) in [6, 6.07) is 19.9. The third kappa shape index (κ3) is 3.87. The van der Waals surface area contributed by atoms with E-state index < -0.39 is 5.92 Å². The van der Waals surface area contributed by atoms with Gasteiger partial charge in [0.05, 0.1) is 23.9 Å². The third-order valence-electron chi connectivity index (χ3n) is 5.99. The van der Waals surface area contributed by atoms with Gasteiger partial charge in [0.2, 0.25) is 5.78 Å². The summed E-state index contributed by atoms with van der Waals surface area (Å²) in [5, 5.41) is 0. The number of carbonyl (C=O) groups excluding carboxylic acids is 2. The molecule has 35 heavy (non-hydrogen) atoms. The number of aromatic nitrogens is 1. The number of Topliss-reactive ketones (excluding diaryl/α,β-unsaturated/α-hetero) is 1. The van der Waals surface area contributed by atoms with Gasteiger partial charge in [0.15, 0.2) is 5.76 Å². The lowest BCUT2D eigenvalue weighted by atomic mass is 9.84. The van der Waals surface area contributed by atoms with Crippen LogP contribution in [-0.4, -0.2) is 16.7 Å². The summed E-state index contributed by atoms with van der Waals surface area (Å²) < 4.78 is 23.0. The Labute approximate surface area is 200 Å². The zero-order valence-corrected chi connectivity index (χ0v) is 18.5. The molecule has 0 amide bonds. The van der Waals surface area contributed by atoms with E-state index in [1.54, 1.807) is 36.5 Å². The first-order valence-corrected chi connectivity index (χ1v) is 11.1. The van der Waals surface area contributed by atoms with E-state index in [1.807, 2.05) is 42.5 Å². The quantitative estimate of drug-likeness (QED) is 0.224. The van der Waals surface area contributed by atoms with Gasteiger partial charge in [-0.05, 0) is 42.5 Å². The Morgan fingerprint density at radius 3 is 2.69 bits per heavy atom. The second kappa shape index (κ2) is 8.61. The lowest BCUT2D eigenvalue weighted by molar-refractivity contribution is -0.135. The molecule has 7 heteroatoms. The molecule has 0 radical (unpaired) electrons. The molecular weight excluding hydrogens is 446 g/mol. The molecule has 0 saturated heterocycles. The lowest BCUT2D eigenvalue weighted by Gasteiger charge is -2.27. The van der Waals surface area contributed by atoms with Crippen LogP contribution in [-0.2, 0) is 11.4 Å². The third-order valence-corrected chi connectivity index (χ3v) is 5.99. The van der Waals surface area contributed by atoms with E-state index in [2.05, 4.69) is 4.98 Å². The van der Waals surface area contributed by atoms with Crippen molar-refractivity contribution in [3.8, 4) is 17.2 Å². The molecule has 1 atom stereocenters. The van der Waals surface area contributed by atoms with Crippen LogP contribution in [0.2, 0.25) is 0 Å². The second-order valence-electron chi connectivity index (χ2n) is 8.19. The number of ether oxygens (including phenoxy) is 3.